The van der Waals surface area contributed by atoms with Crippen molar-refractivity contribution >= 4 is 0 Å². The van der Waals surface area contributed by atoms with Crippen LogP contribution in [0, 0.1) is 0 Å². The molecule has 0 aliphatic heterocycles. The van der Waals surface area contributed by atoms with Crippen molar-refractivity contribution in [1.82, 2.24) is 0 Å². The summed E-state index contributed by atoms with van der Waals surface area (Å²) in [5.74, 6) is 0. The van der Waals surface area contributed by atoms with Gasteiger partial charge in [-0.25, -0.2) is 0 Å². The van der Waals surface area contributed by atoms with E-state index in [4.69, 9.17) is 11.3 Å². The topological polar surface area (TPSA) is 74.8 Å². The quantitative estimate of drug-likeness (QED) is 0.328. The highest BCUT2D eigenvalue weighted by Crippen LogP contribution is 2.04. The molecule has 0 aliphatic carbocycles. The minimum absolute atomic E-state index is 0.664. The lowest BCUT2D eigenvalue weighted by molar-refractivity contribution is 0.471. The zero-order valence-electron chi connectivity index (χ0n) is 5.13. The van der Waals surface area contributed by atoms with Crippen molar-refractivity contribution in [2.45, 2.75) is 25.9 Å². The van der Waals surface area contributed by atoms with E-state index in [0.717, 1.165) is 0 Å². The average Bonchev–Trinajstić information content (AvgIpc) is 1.67. The number of nitrogens with zero attached hydrogens (tertiary/aromatic N) is 3. The number of rotatable bonds is 2. The third kappa shape index (κ3) is 2.44. The lowest BCUT2D eigenvalue weighted by Crippen LogP contribution is -2.31. The van der Waals surface area contributed by atoms with Gasteiger partial charge in [0.05, 0.1) is 5.66 Å². The maximum absolute atomic E-state index is 7.91. The third-order valence-corrected chi connectivity index (χ3v) is 0.989. The van der Waals surface area contributed by atoms with Gasteiger partial charge in [-0.05, 0) is 18.9 Å². The summed E-state index contributed by atoms with van der Waals surface area (Å²) in [6.07, 6.45) is 0.664. The van der Waals surface area contributed by atoms with Gasteiger partial charge in [-0.2, -0.15) is 0 Å². The molecule has 46 valence electrons. The second-order valence-electron chi connectivity index (χ2n) is 1.90. The van der Waals surface area contributed by atoms with Crippen LogP contribution in [0.15, 0.2) is 5.11 Å². The predicted molar refractivity (Wildman–Crippen MR) is 32.0 cm³/mol. The molecule has 2 N–H and O–H groups in total. The molecule has 4 heteroatoms. The second kappa shape index (κ2) is 2.55. The van der Waals surface area contributed by atoms with Crippen molar-refractivity contribution in [1.29, 1.82) is 0 Å². The standard InChI is InChI=1S/C4H10N4/c1-3-4(2,5)7-8-6/h3,5H2,1-2H3. The van der Waals surface area contributed by atoms with Gasteiger partial charge in [0.15, 0.2) is 0 Å². The van der Waals surface area contributed by atoms with Crippen molar-refractivity contribution < 1.29 is 0 Å². The van der Waals surface area contributed by atoms with Crippen molar-refractivity contribution in [2.75, 3.05) is 0 Å². The highest BCUT2D eigenvalue weighted by molar-refractivity contribution is 4.72. The zero-order chi connectivity index (χ0) is 6.62. The largest absolute Gasteiger partial charge is 0.321 e. The molecule has 0 fully saturated rings. The van der Waals surface area contributed by atoms with Gasteiger partial charge in [0.25, 0.3) is 0 Å². The zero-order valence-corrected chi connectivity index (χ0v) is 5.13. The van der Waals surface area contributed by atoms with Crippen LogP contribution in [0.1, 0.15) is 20.3 Å². The fourth-order valence-electron chi connectivity index (χ4n) is 0.173. The molecule has 0 radical (unpaired) electrons. The molecule has 0 bridgehead atoms. The van der Waals surface area contributed by atoms with Gasteiger partial charge in [-0.1, -0.05) is 12.0 Å². The predicted octanol–water partition coefficient (Wildman–Crippen LogP) is 1.38. The van der Waals surface area contributed by atoms with Crippen LogP contribution >= 0.6 is 0 Å². The summed E-state index contributed by atoms with van der Waals surface area (Å²) in [4.78, 5) is 2.58. The molecular formula is C4H10N4. The van der Waals surface area contributed by atoms with E-state index in [1.807, 2.05) is 6.92 Å². The Balaban J connectivity index is 3.90. The third-order valence-electron chi connectivity index (χ3n) is 0.989. The fourth-order valence-corrected chi connectivity index (χ4v) is 0.173. The smallest absolute Gasteiger partial charge is 0.0918 e. The van der Waals surface area contributed by atoms with Crippen LogP contribution in [0.3, 0.4) is 0 Å². The van der Waals surface area contributed by atoms with E-state index in [0.29, 0.717) is 6.42 Å². The van der Waals surface area contributed by atoms with Crippen LogP contribution < -0.4 is 5.73 Å². The summed E-state index contributed by atoms with van der Waals surface area (Å²) in [5.41, 5.74) is 12.6. The summed E-state index contributed by atoms with van der Waals surface area (Å²) in [5, 5.41) is 3.33. The van der Waals surface area contributed by atoms with E-state index in [9.17, 15) is 0 Å². The van der Waals surface area contributed by atoms with E-state index >= 15 is 0 Å². The molecule has 0 aromatic heterocycles. The Morgan fingerprint density at radius 1 is 1.88 bits per heavy atom. The Morgan fingerprint density at radius 3 is 2.50 bits per heavy atom. The van der Waals surface area contributed by atoms with Gasteiger partial charge in [0, 0.05) is 4.91 Å². The van der Waals surface area contributed by atoms with Crippen molar-refractivity contribution in [3.05, 3.63) is 10.4 Å². The Morgan fingerprint density at radius 2 is 2.38 bits per heavy atom. The van der Waals surface area contributed by atoms with Crippen LogP contribution in [-0.2, 0) is 0 Å². The molecule has 0 heterocycles. The normalized spacial score (nSPS) is 16.4. The minimum Gasteiger partial charge on any atom is -0.321 e. The lowest BCUT2D eigenvalue weighted by atomic mass is 10.2. The molecule has 1 atom stereocenters. The van der Waals surface area contributed by atoms with Crippen molar-refractivity contribution in [2.24, 2.45) is 10.8 Å². The summed E-state index contributed by atoms with van der Waals surface area (Å²) < 4.78 is 0. The molecule has 0 aromatic carbocycles. The van der Waals surface area contributed by atoms with E-state index in [2.05, 4.69) is 10.0 Å². The monoisotopic (exact) mass is 114 g/mol. The first-order valence-corrected chi connectivity index (χ1v) is 2.47. The molecular weight excluding hydrogens is 104 g/mol. The Labute approximate surface area is 48.3 Å². The van der Waals surface area contributed by atoms with Crippen LogP contribution in [0.4, 0.5) is 0 Å². The first-order valence-electron chi connectivity index (χ1n) is 2.47. The number of hydrogen-bond donors (Lipinski definition) is 1. The number of hydrogen-bond acceptors (Lipinski definition) is 2. The number of nitrogens with two attached hydrogens (primary N) is 1. The van der Waals surface area contributed by atoms with Crippen LogP contribution in [0.5, 0.6) is 0 Å². The van der Waals surface area contributed by atoms with Gasteiger partial charge in [0.2, 0.25) is 0 Å². The first kappa shape index (κ1) is 7.27. The van der Waals surface area contributed by atoms with Gasteiger partial charge in [0.1, 0.15) is 0 Å². The van der Waals surface area contributed by atoms with Gasteiger partial charge in [-0.3, -0.25) is 0 Å². The van der Waals surface area contributed by atoms with Gasteiger partial charge >= 0.3 is 0 Å². The fraction of sp³-hybridized carbons (Fsp3) is 1.00. The van der Waals surface area contributed by atoms with Crippen LogP contribution in [0.25, 0.3) is 10.4 Å². The van der Waals surface area contributed by atoms with Crippen LogP contribution in [-0.4, -0.2) is 5.66 Å². The number of azide groups is 1. The van der Waals surface area contributed by atoms with Crippen molar-refractivity contribution in [3.8, 4) is 0 Å². The van der Waals surface area contributed by atoms with Crippen molar-refractivity contribution in [3.63, 3.8) is 0 Å². The molecule has 0 amide bonds. The maximum atomic E-state index is 7.91. The molecule has 0 rings (SSSR count). The molecule has 0 spiro atoms. The highest BCUT2D eigenvalue weighted by atomic mass is 15.2. The lowest BCUT2D eigenvalue weighted by Gasteiger charge is -2.12. The van der Waals surface area contributed by atoms with E-state index in [1.165, 1.54) is 0 Å². The Kier molecular flexibility index (Phi) is 2.31. The Hall–Kier alpha value is -0.730. The molecule has 0 saturated carbocycles. The van der Waals surface area contributed by atoms with E-state index < -0.39 is 5.66 Å². The van der Waals surface area contributed by atoms with Gasteiger partial charge < -0.3 is 5.73 Å². The second-order valence-corrected chi connectivity index (χ2v) is 1.90. The Bertz CT molecular complexity index is 111. The van der Waals surface area contributed by atoms with E-state index in [-0.39, 0.29) is 0 Å². The van der Waals surface area contributed by atoms with Gasteiger partial charge in [-0.15, -0.1) is 0 Å². The summed E-state index contributed by atoms with van der Waals surface area (Å²) in [6.45, 7) is 3.56. The minimum atomic E-state index is -0.700. The molecule has 4 nitrogen and oxygen atoms in total. The molecule has 0 saturated heterocycles. The first-order chi connectivity index (χ1) is 3.62. The molecule has 1 unspecified atom stereocenters. The van der Waals surface area contributed by atoms with Crippen LogP contribution in [0.2, 0.25) is 0 Å². The average molecular weight is 114 g/mol. The summed E-state index contributed by atoms with van der Waals surface area (Å²) in [7, 11) is 0. The SMILES string of the molecule is CCC(C)(N)N=[N+]=[N-]. The molecule has 0 aromatic rings. The summed E-state index contributed by atoms with van der Waals surface area (Å²) >= 11 is 0. The van der Waals surface area contributed by atoms with E-state index in [1.54, 1.807) is 6.92 Å². The summed E-state index contributed by atoms with van der Waals surface area (Å²) in [6, 6.07) is 0. The highest BCUT2D eigenvalue weighted by Gasteiger charge is 2.10. The maximum Gasteiger partial charge on any atom is 0.0918 e. The molecule has 8 heavy (non-hydrogen) atoms. The molecule has 0 aliphatic rings.